The maximum absolute atomic E-state index is 13.4. The second-order valence-corrected chi connectivity index (χ2v) is 4.44. The van der Waals surface area contributed by atoms with E-state index in [0.717, 1.165) is 23.8 Å². The van der Waals surface area contributed by atoms with Gasteiger partial charge in [0.2, 0.25) is 0 Å². The zero-order chi connectivity index (χ0) is 15.9. The Labute approximate surface area is 125 Å². The van der Waals surface area contributed by atoms with Gasteiger partial charge in [0.15, 0.2) is 6.61 Å². The number of hydrogen-bond donors (Lipinski definition) is 1. The molecule has 2 aromatic rings. The van der Waals surface area contributed by atoms with Crippen LogP contribution in [0.3, 0.4) is 0 Å². The Hall–Kier alpha value is -2.76. The molecule has 0 unspecified atom stereocenters. The van der Waals surface area contributed by atoms with Gasteiger partial charge in [-0.1, -0.05) is 36.4 Å². The first-order valence-electron chi connectivity index (χ1n) is 6.49. The van der Waals surface area contributed by atoms with E-state index in [0.29, 0.717) is 0 Å². The molecule has 0 saturated heterocycles. The Morgan fingerprint density at radius 1 is 0.955 bits per heavy atom. The monoisotopic (exact) mass is 305 g/mol. The maximum Gasteiger partial charge on any atom is 0.344 e. The van der Waals surface area contributed by atoms with Gasteiger partial charge in [-0.05, 0) is 17.7 Å². The van der Waals surface area contributed by atoms with E-state index in [1.165, 1.54) is 0 Å². The van der Waals surface area contributed by atoms with Crippen LogP contribution in [0.15, 0.2) is 48.5 Å². The van der Waals surface area contributed by atoms with E-state index in [9.17, 15) is 18.4 Å². The molecule has 0 aliphatic carbocycles. The predicted octanol–water partition coefficient (Wildman–Crippen LogP) is 2.44. The van der Waals surface area contributed by atoms with Crippen molar-refractivity contribution in [3.63, 3.8) is 0 Å². The summed E-state index contributed by atoms with van der Waals surface area (Å²) in [6, 6.07) is 12.1. The van der Waals surface area contributed by atoms with Gasteiger partial charge < -0.3 is 10.1 Å². The summed E-state index contributed by atoms with van der Waals surface area (Å²) >= 11 is 0. The molecule has 22 heavy (non-hydrogen) atoms. The molecule has 0 aromatic heterocycles. The van der Waals surface area contributed by atoms with Crippen molar-refractivity contribution in [3.05, 3.63) is 71.3 Å². The van der Waals surface area contributed by atoms with Crippen molar-refractivity contribution in [2.24, 2.45) is 0 Å². The lowest BCUT2D eigenvalue weighted by Gasteiger charge is -2.07. The second-order valence-electron chi connectivity index (χ2n) is 4.44. The number of nitrogens with one attached hydrogen (secondary N) is 1. The first-order chi connectivity index (χ1) is 10.6. The number of benzene rings is 2. The van der Waals surface area contributed by atoms with Gasteiger partial charge in [0.05, 0.1) is 0 Å². The quantitative estimate of drug-likeness (QED) is 0.863. The van der Waals surface area contributed by atoms with E-state index in [-0.39, 0.29) is 6.54 Å². The largest absolute Gasteiger partial charge is 0.452 e. The molecule has 0 atom stereocenters. The van der Waals surface area contributed by atoms with Gasteiger partial charge in [-0.25, -0.2) is 13.6 Å². The standard InChI is InChI=1S/C16H13F2NO3/c17-12-7-4-8-13(18)15(12)16(21)22-10-14(20)19-9-11-5-2-1-3-6-11/h1-8H,9-10H2,(H,19,20). The summed E-state index contributed by atoms with van der Waals surface area (Å²) in [6.07, 6.45) is 0. The smallest absolute Gasteiger partial charge is 0.344 e. The number of hydrogen-bond acceptors (Lipinski definition) is 3. The molecule has 0 saturated carbocycles. The summed E-state index contributed by atoms with van der Waals surface area (Å²) in [5.41, 5.74) is 0.0701. The van der Waals surface area contributed by atoms with Gasteiger partial charge in [0.1, 0.15) is 17.2 Å². The molecule has 6 heteroatoms. The SMILES string of the molecule is O=C(COC(=O)c1c(F)cccc1F)NCc1ccccc1. The van der Waals surface area contributed by atoms with Gasteiger partial charge in [0.25, 0.3) is 5.91 Å². The van der Waals surface area contributed by atoms with Crippen molar-refractivity contribution in [2.75, 3.05) is 6.61 Å². The van der Waals surface area contributed by atoms with E-state index in [4.69, 9.17) is 0 Å². The molecule has 0 radical (unpaired) electrons. The molecule has 1 amide bonds. The third-order valence-corrected chi connectivity index (χ3v) is 2.83. The lowest BCUT2D eigenvalue weighted by molar-refractivity contribution is -0.124. The first kappa shape index (κ1) is 15.6. The fraction of sp³-hybridized carbons (Fsp3) is 0.125. The minimum atomic E-state index is -1.22. The van der Waals surface area contributed by atoms with Crippen LogP contribution in [0, 0.1) is 11.6 Å². The van der Waals surface area contributed by atoms with Crippen molar-refractivity contribution in [3.8, 4) is 0 Å². The molecule has 0 aliphatic heterocycles. The van der Waals surface area contributed by atoms with Crippen LogP contribution in [0.25, 0.3) is 0 Å². The van der Waals surface area contributed by atoms with Crippen LogP contribution in [0.4, 0.5) is 8.78 Å². The molecular formula is C16H13F2NO3. The van der Waals surface area contributed by atoms with Gasteiger partial charge in [-0.2, -0.15) is 0 Å². The number of esters is 1. The minimum Gasteiger partial charge on any atom is -0.452 e. The van der Waals surface area contributed by atoms with E-state index in [1.807, 2.05) is 30.3 Å². The summed E-state index contributed by atoms with van der Waals surface area (Å²) < 4.78 is 31.3. The van der Waals surface area contributed by atoms with Crippen LogP contribution in [-0.4, -0.2) is 18.5 Å². The van der Waals surface area contributed by atoms with Gasteiger partial charge in [0, 0.05) is 6.54 Å². The fourth-order valence-electron chi connectivity index (χ4n) is 1.74. The first-order valence-corrected chi connectivity index (χ1v) is 6.49. The molecular weight excluding hydrogens is 292 g/mol. The summed E-state index contributed by atoms with van der Waals surface area (Å²) in [6.45, 7) is -0.343. The highest BCUT2D eigenvalue weighted by Gasteiger charge is 2.19. The van der Waals surface area contributed by atoms with Crippen LogP contribution < -0.4 is 5.32 Å². The Morgan fingerprint density at radius 2 is 1.59 bits per heavy atom. The average molecular weight is 305 g/mol. The van der Waals surface area contributed by atoms with E-state index in [2.05, 4.69) is 10.1 Å². The van der Waals surface area contributed by atoms with E-state index >= 15 is 0 Å². The van der Waals surface area contributed by atoms with E-state index < -0.39 is 35.7 Å². The Morgan fingerprint density at radius 3 is 2.23 bits per heavy atom. The molecule has 0 fully saturated rings. The molecule has 114 valence electrons. The highest BCUT2D eigenvalue weighted by molar-refractivity contribution is 5.91. The number of halogens is 2. The molecule has 0 aliphatic rings. The predicted molar refractivity (Wildman–Crippen MR) is 74.9 cm³/mol. The molecule has 0 spiro atoms. The zero-order valence-corrected chi connectivity index (χ0v) is 11.5. The topological polar surface area (TPSA) is 55.4 Å². The van der Waals surface area contributed by atoms with Crippen LogP contribution in [0.1, 0.15) is 15.9 Å². The minimum absolute atomic E-state index is 0.269. The summed E-state index contributed by atoms with van der Waals surface area (Å²) in [5.74, 6) is -3.84. The highest BCUT2D eigenvalue weighted by atomic mass is 19.1. The number of carbonyl (C=O) groups excluding carboxylic acids is 2. The van der Waals surface area contributed by atoms with Crippen LogP contribution in [0.5, 0.6) is 0 Å². The van der Waals surface area contributed by atoms with Crippen molar-refractivity contribution in [2.45, 2.75) is 6.54 Å². The lowest BCUT2D eigenvalue weighted by Crippen LogP contribution is -2.28. The average Bonchev–Trinajstić information content (AvgIpc) is 2.52. The summed E-state index contributed by atoms with van der Waals surface area (Å²) in [7, 11) is 0. The molecule has 0 heterocycles. The maximum atomic E-state index is 13.4. The third kappa shape index (κ3) is 4.12. The molecule has 4 nitrogen and oxygen atoms in total. The summed E-state index contributed by atoms with van der Waals surface area (Å²) in [5, 5.41) is 2.53. The molecule has 2 rings (SSSR count). The van der Waals surface area contributed by atoms with Gasteiger partial charge >= 0.3 is 5.97 Å². The van der Waals surface area contributed by atoms with Crippen molar-refractivity contribution in [1.29, 1.82) is 0 Å². The third-order valence-electron chi connectivity index (χ3n) is 2.83. The Balaban J connectivity index is 1.85. The van der Waals surface area contributed by atoms with Crippen LogP contribution >= 0.6 is 0 Å². The number of rotatable bonds is 5. The van der Waals surface area contributed by atoms with Crippen LogP contribution in [0.2, 0.25) is 0 Å². The van der Waals surface area contributed by atoms with E-state index in [1.54, 1.807) is 0 Å². The fourth-order valence-corrected chi connectivity index (χ4v) is 1.74. The second kappa shape index (κ2) is 7.31. The number of ether oxygens (including phenoxy) is 1. The lowest BCUT2D eigenvalue weighted by atomic mass is 10.2. The zero-order valence-electron chi connectivity index (χ0n) is 11.5. The van der Waals surface area contributed by atoms with Crippen molar-refractivity contribution >= 4 is 11.9 Å². The molecule has 0 bridgehead atoms. The highest BCUT2D eigenvalue weighted by Crippen LogP contribution is 2.13. The molecule has 1 N–H and O–H groups in total. The summed E-state index contributed by atoms with van der Waals surface area (Å²) in [4.78, 5) is 23.1. The number of amides is 1. The Kier molecular flexibility index (Phi) is 5.19. The van der Waals surface area contributed by atoms with Crippen LogP contribution in [-0.2, 0) is 16.1 Å². The van der Waals surface area contributed by atoms with Gasteiger partial charge in [-0.15, -0.1) is 0 Å². The van der Waals surface area contributed by atoms with Gasteiger partial charge in [-0.3, -0.25) is 4.79 Å². The normalized spacial score (nSPS) is 10.1. The number of carbonyl (C=O) groups is 2. The van der Waals surface area contributed by atoms with Crippen molar-refractivity contribution in [1.82, 2.24) is 5.32 Å². The van der Waals surface area contributed by atoms with Crippen molar-refractivity contribution < 1.29 is 23.1 Å². The molecule has 2 aromatic carbocycles. The Bertz CT molecular complexity index is 654.